The number of rotatable bonds is 3. The van der Waals surface area contributed by atoms with Gasteiger partial charge >= 0.3 is 5.97 Å². The third-order valence-electron chi connectivity index (χ3n) is 1.52. The van der Waals surface area contributed by atoms with Gasteiger partial charge in [-0.15, -0.1) is 0 Å². The minimum Gasteiger partial charge on any atom is -0.463 e. The zero-order valence-corrected chi connectivity index (χ0v) is 8.04. The molecule has 15 heavy (non-hydrogen) atoms. The lowest BCUT2D eigenvalue weighted by molar-refractivity contribution is -0.137. The fourth-order valence-electron chi connectivity index (χ4n) is 0.882. The van der Waals surface area contributed by atoms with Crippen LogP contribution in [0.25, 0.3) is 6.08 Å². The summed E-state index contributed by atoms with van der Waals surface area (Å²) < 4.78 is 29.7. The quantitative estimate of drug-likeness (QED) is 0.437. The van der Waals surface area contributed by atoms with Crippen LogP contribution >= 0.6 is 0 Å². The molecule has 0 amide bonds. The number of nitrogens with zero attached hydrogens (tertiary/aromatic N) is 1. The number of carbonyl (C=O) groups is 1. The third kappa shape index (κ3) is 3.46. The second kappa shape index (κ2) is 5.19. The van der Waals surface area contributed by atoms with Gasteiger partial charge in [0.1, 0.15) is 0 Å². The lowest BCUT2D eigenvalue weighted by Gasteiger charge is -1.96. The largest absolute Gasteiger partial charge is 0.463 e. The summed E-state index contributed by atoms with van der Waals surface area (Å²) in [6, 6.07) is 0.943. The molecule has 1 rings (SSSR count). The second-order valence-electron chi connectivity index (χ2n) is 2.63. The Morgan fingerprint density at radius 2 is 2.33 bits per heavy atom. The van der Waals surface area contributed by atoms with Crippen LogP contribution in [0.2, 0.25) is 0 Å². The van der Waals surface area contributed by atoms with Gasteiger partial charge in [-0.3, -0.25) is 0 Å². The molecule has 0 aliphatic heterocycles. The zero-order chi connectivity index (χ0) is 11.3. The van der Waals surface area contributed by atoms with Crippen molar-refractivity contribution in [3.05, 3.63) is 35.7 Å². The van der Waals surface area contributed by atoms with Crippen molar-refractivity contribution in [1.82, 2.24) is 4.98 Å². The maximum Gasteiger partial charge on any atom is 0.330 e. The molecular formula is C10H9F2NO2. The highest BCUT2D eigenvalue weighted by Crippen LogP contribution is 2.06. The average molecular weight is 213 g/mol. The van der Waals surface area contributed by atoms with Gasteiger partial charge in [-0.2, -0.15) is 4.39 Å². The molecule has 0 bridgehead atoms. The van der Waals surface area contributed by atoms with E-state index >= 15 is 0 Å². The fourth-order valence-corrected chi connectivity index (χ4v) is 0.882. The van der Waals surface area contributed by atoms with Crippen LogP contribution in [0.15, 0.2) is 18.3 Å². The molecule has 0 radical (unpaired) electrons. The van der Waals surface area contributed by atoms with Crippen LogP contribution < -0.4 is 0 Å². The number of hydrogen-bond donors (Lipinski definition) is 0. The van der Waals surface area contributed by atoms with E-state index in [1.807, 2.05) is 0 Å². The van der Waals surface area contributed by atoms with E-state index in [4.69, 9.17) is 0 Å². The molecule has 1 aromatic rings. The van der Waals surface area contributed by atoms with E-state index < -0.39 is 17.7 Å². The van der Waals surface area contributed by atoms with E-state index in [-0.39, 0.29) is 6.61 Å². The zero-order valence-electron chi connectivity index (χ0n) is 8.04. The van der Waals surface area contributed by atoms with Crippen molar-refractivity contribution in [1.29, 1.82) is 0 Å². The van der Waals surface area contributed by atoms with Crippen LogP contribution in [0.5, 0.6) is 0 Å². The Bertz CT molecular complexity index is 391. The fraction of sp³-hybridized carbons (Fsp3) is 0.200. The molecule has 0 unspecified atom stereocenters. The van der Waals surface area contributed by atoms with Crippen LogP contribution in [0.4, 0.5) is 8.78 Å². The average Bonchev–Trinajstić information content (AvgIpc) is 2.20. The first kappa shape index (κ1) is 11.3. The molecule has 0 spiro atoms. The Hall–Kier alpha value is -1.78. The normalized spacial score (nSPS) is 10.6. The molecule has 0 aliphatic carbocycles. The summed E-state index contributed by atoms with van der Waals surface area (Å²) in [6.07, 6.45) is 3.54. The van der Waals surface area contributed by atoms with E-state index in [9.17, 15) is 13.6 Å². The summed E-state index contributed by atoms with van der Waals surface area (Å²) in [4.78, 5) is 14.0. The second-order valence-corrected chi connectivity index (χ2v) is 2.63. The lowest BCUT2D eigenvalue weighted by Crippen LogP contribution is -1.98. The Morgan fingerprint density at radius 3 is 2.93 bits per heavy atom. The van der Waals surface area contributed by atoms with Crippen LogP contribution in [0, 0.1) is 11.8 Å². The minimum absolute atomic E-state index is 0.263. The highest BCUT2D eigenvalue weighted by Gasteiger charge is 2.02. The summed E-state index contributed by atoms with van der Waals surface area (Å²) in [5.74, 6) is -2.76. The van der Waals surface area contributed by atoms with E-state index in [1.165, 1.54) is 6.08 Å². The predicted molar refractivity (Wildman–Crippen MR) is 49.8 cm³/mol. The van der Waals surface area contributed by atoms with E-state index in [0.717, 1.165) is 18.3 Å². The maximum atomic E-state index is 12.7. The topological polar surface area (TPSA) is 39.2 Å². The van der Waals surface area contributed by atoms with Gasteiger partial charge in [0, 0.05) is 12.3 Å². The van der Waals surface area contributed by atoms with Gasteiger partial charge in [0.2, 0.25) is 5.95 Å². The SMILES string of the molecule is CCOC(=O)C=Cc1cnc(F)c(F)c1. The van der Waals surface area contributed by atoms with Crippen molar-refractivity contribution in [3.8, 4) is 0 Å². The van der Waals surface area contributed by atoms with Crippen LogP contribution in [-0.2, 0) is 9.53 Å². The maximum absolute atomic E-state index is 12.7. The van der Waals surface area contributed by atoms with E-state index in [0.29, 0.717) is 5.56 Å². The molecule has 0 atom stereocenters. The molecule has 1 aromatic heterocycles. The van der Waals surface area contributed by atoms with Gasteiger partial charge in [0.05, 0.1) is 6.61 Å². The summed E-state index contributed by atoms with van der Waals surface area (Å²) >= 11 is 0. The van der Waals surface area contributed by atoms with Crippen molar-refractivity contribution in [2.75, 3.05) is 6.61 Å². The van der Waals surface area contributed by atoms with Crippen LogP contribution in [0.3, 0.4) is 0 Å². The first-order valence-electron chi connectivity index (χ1n) is 4.29. The number of pyridine rings is 1. The molecule has 0 N–H and O–H groups in total. The van der Waals surface area contributed by atoms with E-state index in [2.05, 4.69) is 9.72 Å². The molecule has 0 saturated carbocycles. The molecule has 0 fully saturated rings. The molecule has 5 heteroatoms. The number of ether oxygens (including phenoxy) is 1. The van der Waals surface area contributed by atoms with Crippen LogP contribution in [-0.4, -0.2) is 17.6 Å². The van der Waals surface area contributed by atoms with Gasteiger partial charge in [-0.25, -0.2) is 14.2 Å². The Balaban J connectivity index is 2.72. The predicted octanol–water partition coefficient (Wildman–Crippen LogP) is 1.94. The minimum atomic E-state index is -1.16. The monoisotopic (exact) mass is 213 g/mol. The molecule has 3 nitrogen and oxygen atoms in total. The molecule has 0 saturated heterocycles. The standard InChI is InChI=1S/C10H9F2NO2/c1-2-15-9(14)4-3-7-5-8(11)10(12)13-6-7/h3-6H,2H2,1H3. The van der Waals surface area contributed by atoms with Gasteiger partial charge in [0.25, 0.3) is 0 Å². The Morgan fingerprint density at radius 1 is 1.60 bits per heavy atom. The van der Waals surface area contributed by atoms with Crippen molar-refractivity contribution >= 4 is 12.0 Å². The van der Waals surface area contributed by atoms with Gasteiger partial charge < -0.3 is 4.74 Å². The highest BCUT2D eigenvalue weighted by atomic mass is 19.2. The number of carbonyl (C=O) groups excluding carboxylic acids is 1. The van der Waals surface area contributed by atoms with Crippen molar-refractivity contribution < 1.29 is 18.3 Å². The summed E-state index contributed by atoms with van der Waals surface area (Å²) in [5.41, 5.74) is 0.293. The Kier molecular flexibility index (Phi) is 3.91. The smallest absolute Gasteiger partial charge is 0.330 e. The van der Waals surface area contributed by atoms with Gasteiger partial charge in [-0.1, -0.05) is 0 Å². The van der Waals surface area contributed by atoms with Crippen LogP contribution in [0.1, 0.15) is 12.5 Å². The summed E-state index contributed by atoms with van der Waals surface area (Å²) in [7, 11) is 0. The molecular weight excluding hydrogens is 204 g/mol. The number of halogens is 2. The van der Waals surface area contributed by atoms with Crippen molar-refractivity contribution in [2.24, 2.45) is 0 Å². The van der Waals surface area contributed by atoms with Gasteiger partial charge in [0.15, 0.2) is 5.82 Å². The number of hydrogen-bond acceptors (Lipinski definition) is 3. The lowest BCUT2D eigenvalue weighted by atomic mass is 10.2. The van der Waals surface area contributed by atoms with Crippen molar-refractivity contribution in [2.45, 2.75) is 6.92 Å². The number of esters is 1. The Labute approximate surface area is 85.4 Å². The summed E-state index contributed by atoms with van der Waals surface area (Å²) in [5, 5.41) is 0. The summed E-state index contributed by atoms with van der Waals surface area (Å²) in [6.45, 7) is 1.93. The first-order valence-corrected chi connectivity index (χ1v) is 4.29. The molecule has 0 aliphatic rings. The molecule has 0 aromatic carbocycles. The van der Waals surface area contributed by atoms with Crippen molar-refractivity contribution in [3.63, 3.8) is 0 Å². The first-order chi connectivity index (χ1) is 7.13. The highest BCUT2D eigenvalue weighted by molar-refractivity contribution is 5.86. The molecule has 1 heterocycles. The van der Waals surface area contributed by atoms with Gasteiger partial charge in [-0.05, 0) is 24.6 Å². The van der Waals surface area contributed by atoms with E-state index in [1.54, 1.807) is 6.92 Å². The third-order valence-corrected chi connectivity index (χ3v) is 1.52. The number of aromatic nitrogens is 1. The molecule has 80 valence electrons.